The fraction of sp³-hybridized carbons (Fsp3) is 0.588. The van der Waals surface area contributed by atoms with E-state index in [2.05, 4.69) is 4.90 Å². The first-order valence-corrected chi connectivity index (χ1v) is 9.79. The Morgan fingerprint density at radius 1 is 1.09 bits per heavy atom. The van der Waals surface area contributed by atoms with E-state index in [1.165, 1.54) is 0 Å². The van der Waals surface area contributed by atoms with Crippen LogP contribution in [0.2, 0.25) is 0 Å². The van der Waals surface area contributed by atoms with Crippen LogP contribution in [0.1, 0.15) is 19.3 Å². The molecule has 1 aromatic carbocycles. The molecule has 0 saturated carbocycles. The number of rotatable bonds is 3. The van der Waals surface area contributed by atoms with Gasteiger partial charge in [0.15, 0.2) is 9.84 Å². The summed E-state index contributed by atoms with van der Waals surface area (Å²) in [5, 5.41) is -0.477. The van der Waals surface area contributed by atoms with Crippen LogP contribution in [0.25, 0.3) is 0 Å². The molecule has 1 amide bonds. The number of hydrogen-bond donors (Lipinski definition) is 0. The third kappa shape index (κ3) is 3.43. The van der Waals surface area contributed by atoms with Gasteiger partial charge in [-0.25, -0.2) is 8.42 Å². The highest BCUT2D eigenvalue weighted by Crippen LogP contribution is 2.26. The molecule has 2 fully saturated rings. The molecule has 2 atom stereocenters. The van der Waals surface area contributed by atoms with Crippen molar-refractivity contribution in [3.8, 4) is 0 Å². The zero-order valence-corrected chi connectivity index (χ0v) is 14.3. The molecule has 2 aliphatic heterocycles. The molecule has 126 valence electrons. The van der Waals surface area contributed by atoms with Gasteiger partial charge in [0.1, 0.15) is 0 Å². The second-order valence-corrected chi connectivity index (χ2v) is 8.88. The highest BCUT2D eigenvalue weighted by atomic mass is 32.2. The van der Waals surface area contributed by atoms with Gasteiger partial charge in [0, 0.05) is 19.6 Å². The number of amides is 1. The molecule has 23 heavy (non-hydrogen) atoms. The molecule has 2 unspecified atom stereocenters. The van der Waals surface area contributed by atoms with E-state index in [1.54, 1.807) is 29.2 Å². The Morgan fingerprint density at radius 2 is 1.83 bits per heavy atom. The van der Waals surface area contributed by atoms with E-state index in [0.717, 1.165) is 25.9 Å². The van der Waals surface area contributed by atoms with Gasteiger partial charge in [-0.15, -0.1) is 0 Å². The van der Waals surface area contributed by atoms with Gasteiger partial charge in [0.05, 0.1) is 16.1 Å². The summed E-state index contributed by atoms with van der Waals surface area (Å²) in [6, 6.07) is 8.56. The molecule has 0 bridgehead atoms. The van der Waals surface area contributed by atoms with Crippen LogP contribution >= 0.6 is 0 Å². The van der Waals surface area contributed by atoms with Gasteiger partial charge in [-0.1, -0.05) is 18.2 Å². The quantitative estimate of drug-likeness (QED) is 0.837. The molecule has 2 aliphatic rings. The van der Waals surface area contributed by atoms with Crippen molar-refractivity contribution in [1.82, 2.24) is 9.80 Å². The average molecular weight is 336 g/mol. The maximum absolute atomic E-state index is 12.7. The summed E-state index contributed by atoms with van der Waals surface area (Å²) in [6.45, 7) is 2.70. The smallest absolute Gasteiger partial charge is 0.227 e. The number of likely N-dealkylation sites (tertiary alicyclic amines) is 2. The molecular formula is C17H24N2O3S. The summed E-state index contributed by atoms with van der Waals surface area (Å²) in [7, 11) is -1.32. The molecule has 0 spiro atoms. The van der Waals surface area contributed by atoms with Crippen molar-refractivity contribution in [3.05, 3.63) is 30.3 Å². The van der Waals surface area contributed by atoms with Crippen LogP contribution in [0.5, 0.6) is 0 Å². The zero-order chi connectivity index (χ0) is 16.4. The van der Waals surface area contributed by atoms with E-state index >= 15 is 0 Å². The normalized spacial score (nSPS) is 26.4. The van der Waals surface area contributed by atoms with Crippen LogP contribution in [0.4, 0.5) is 0 Å². The lowest BCUT2D eigenvalue weighted by atomic mass is 9.97. The summed E-state index contributed by atoms with van der Waals surface area (Å²) in [5.41, 5.74) is 0. The highest BCUT2D eigenvalue weighted by molar-refractivity contribution is 7.92. The van der Waals surface area contributed by atoms with Crippen molar-refractivity contribution in [2.24, 2.45) is 5.92 Å². The summed E-state index contributed by atoms with van der Waals surface area (Å²) < 4.78 is 25.4. The number of nitrogens with zero attached hydrogens (tertiary/aromatic N) is 2. The Morgan fingerprint density at radius 3 is 2.52 bits per heavy atom. The summed E-state index contributed by atoms with van der Waals surface area (Å²) >= 11 is 0. The first kappa shape index (κ1) is 16.5. The van der Waals surface area contributed by atoms with E-state index in [4.69, 9.17) is 0 Å². The SMILES string of the molecule is CN1CCCC(C(=O)N2CCC(S(=O)(=O)c3ccccc3)C2)C1. The molecule has 6 heteroatoms. The molecule has 2 saturated heterocycles. The Balaban J connectivity index is 1.67. The molecule has 0 aliphatic carbocycles. The van der Waals surface area contributed by atoms with Gasteiger partial charge in [0.2, 0.25) is 5.91 Å². The van der Waals surface area contributed by atoms with E-state index in [-0.39, 0.29) is 11.8 Å². The first-order chi connectivity index (χ1) is 11.0. The van der Waals surface area contributed by atoms with Gasteiger partial charge in [0.25, 0.3) is 0 Å². The van der Waals surface area contributed by atoms with E-state index in [9.17, 15) is 13.2 Å². The van der Waals surface area contributed by atoms with Gasteiger partial charge in [-0.05, 0) is 45.0 Å². The van der Waals surface area contributed by atoms with Crippen LogP contribution in [-0.4, -0.2) is 62.6 Å². The van der Waals surface area contributed by atoms with E-state index < -0.39 is 15.1 Å². The second-order valence-electron chi connectivity index (χ2n) is 6.65. The predicted molar refractivity (Wildman–Crippen MR) is 88.8 cm³/mol. The van der Waals surface area contributed by atoms with Crippen molar-refractivity contribution >= 4 is 15.7 Å². The Bertz CT molecular complexity index is 660. The Hall–Kier alpha value is -1.40. The molecule has 0 radical (unpaired) electrons. The van der Waals surface area contributed by atoms with Crippen molar-refractivity contribution < 1.29 is 13.2 Å². The average Bonchev–Trinajstić information content (AvgIpc) is 3.06. The lowest BCUT2D eigenvalue weighted by Crippen LogP contribution is -2.43. The Kier molecular flexibility index (Phi) is 4.73. The molecule has 0 N–H and O–H groups in total. The van der Waals surface area contributed by atoms with Crippen molar-refractivity contribution in [2.75, 3.05) is 33.2 Å². The number of hydrogen-bond acceptors (Lipinski definition) is 4. The van der Waals surface area contributed by atoms with Crippen LogP contribution in [0.15, 0.2) is 35.2 Å². The first-order valence-electron chi connectivity index (χ1n) is 8.25. The van der Waals surface area contributed by atoms with Gasteiger partial charge in [-0.3, -0.25) is 4.79 Å². The molecular weight excluding hydrogens is 312 g/mol. The molecule has 2 heterocycles. The van der Waals surface area contributed by atoms with Gasteiger partial charge >= 0.3 is 0 Å². The van der Waals surface area contributed by atoms with Crippen LogP contribution in [0, 0.1) is 5.92 Å². The minimum atomic E-state index is -3.35. The maximum atomic E-state index is 12.7. The standard InChI is InChI=1S/C17H24N2O3S/c1-18-10-5-6-14(12-18)17(20)19-11-9-16(13-19)23(21,22)15-7-3-2-4-8-15/h2-4,7-8,14,16H,5-6,9-13H2,1H3. The fourth-order valence-corrected chi connectivity index (χ4v) is 5.32. The lowest BCUT2D eigenvalue weighted by molar-refractivity contribution is -0.136. The fourth-order valence-electron chi connectivity index (χ4n) is 3.61. The lowest BCUT2D eigenvalue weighted by Gasteiger charge is -2.31. The van der Waals surface area contributed by atoms with Crippen molar-refractivity contribution in [3.63, 3.8) is 0 Å². The topological polar surface area (TPSA) is 57.7 Å². The minimum absolute atomic E-state index is 0.0203. The van der Waals surface area contributed by atoms with Crippen molar-refractivity contribution in [2.45, 2.75) is 29.4 Å². The zero-order valence-electron chi connectivity index (χ0n) is 13.5. The number of piperidine rings is 1. The maximum Gasteiger partial charge on any atom is 0.227 e. The van der Waals surface area contributed by atoms with Crippen LogP contribution in [-0.2, 0) is 14.6 Å². The van der Waals surface area contributed by atoms with Crippen LogP contribution in [0.3, 0.4) is 0 Å². The van der Waals surface area contributed by atoms with E-state index in [1.807, 2.05) is 13.1 Å². The number of carbonyl (C=O) groups is 1. The van der Waals surface area contributed by atoms with Crippen molar-refractivity contribution in [1.29, 1.82) is 0 Å². The largest absolute Gasteiger partial charge is 0.341 e. The van der Waals surface area contributed by atoms with E-state index in [0.29, 0.717) is 24.4 Å². The molecule has 1 aromatic rings. The molecule has 5 nitrogen and oxygen atoms in total. The number of benzene rings is 1. The second kappa shape index (κ2) is 6.61. The number of carbonyl (C=O) groups excluding carboxylic acids is 1. The third-order valence-corrected chi connectivity index (χ3v) is 7.13. The van der Waals surface area contributed by atoms with Crippen LogP contribution < -0.4 is 0 Å². The highest BCUT2D eigenvalue weighted by Gasteiger charge is 2.38. The van der Waals surface area contributed by atoms with Gasteiger partial charge < -0.3 is 9.80 Å². The minimum Gasteiger partial charge on any atom is -0.341 e. The van der Waals surface area contributed by atoms with Gasteiger partial charge in [-0.2, -0.15) is 0 Å². The summed E-state index contributed by atoms with van der Waals surface area (Å²) in [6.07, 6.45) is 2.48. The Labute approximate surface area is 138 Å². The summed E-state index contributed by atoms with van der Waals surface area (Å²) in [4.78, 5) is 17.0. The monoisotopic (exact) mass is 336 g/mol. The molecule has 3 rings (SSSR count). The predicted octanol–water partition coefficient (Wildman–Crippen LogP) is 1.40. The molecule has 0 aromatic heterocycles. The number of sulfone groups is 1. The third-order valence-electron chi connectivity index (χ3n) is 4.94. The summed E-state index contributed by atoms with van der Waals surface area (Å²) in [5.74, 6) is 0.147.